The molecule has 0 saturated heterocycles. The minimum absolute atomic E-state index is 0.324. The lowest BCUT2D eigenvalue weighted by atomic mass is 10.0. The van der Waals surface area contributed by atoms with Crippen molar-refractivity contribution in [3.63, 3.8) is 0 Å². The van der Waals surface area contributed by atoms with Gasteiger partial charge in [-0.05, 0) is 73.0 Å². The Labute approximate surface area is 203 Å². The van der Waals surface area contributed by atoms with Gasteiger partial charge in [0.2, 0.25) is 0 Å². The summed E-state index contributed by atoms with van der Waals surface area (Å²) in [7, 11) is 0. The van der Waals surface area contributed by atoms with Crippen molar-refractivity contribution in [3.05, 3.63) is 106 Å². The van der Waals surface area contributed by atoms with E-state index < -0.39 is 5.82 Å². The molecule has 0 unspecified atom stereocenters. The fraction of sp³-hybridized carbons (Fsp3) is 0.281. The lowest BCUT2D eigenvalue weighted by molar-refractivity contribution is 0.589. The first kappa shape index (κ1) is 24.8. The third kappa shape index (κ3) is 8.28. The van der Waals surface area contributed by atoms with Crippen LogP contribution < -0.4 is 0 Å². The molecule has 0 aromatic heterocycles. The SMILES string of the molecule is CCCCCCCCCc1ccc(C#Cc2ccc(C#Cc3ccc(C#N)cc3)c(F)c2)cc1. The molecule has 0 spiro atoms. The highest BCUT2D eigenvalue weighted by atomic mass is 19.1. The minimum atomic E-state index is -0.391. The minimum Gasteiger partial charge on any atom is -0.206 e. The largest absolute Gasteiger partial charge is 0.206 e. The Kier molecular flexibility index (Phi) is 9.99. The van der Waals surface area contributed by atoms with Crippen LogP contribution in [0.4, 0.5) is 4.39 Å². The molecule has 0 fully saturated rings. The second-order valence-electron chi connectivity index (χ2n) is 8.45. The van der Waals surface area contributed by atoms with E-state index in [0.29, 0.717) is 16.7 Å². The molecule has 3 rings (SSSR count). The van der Waals surface area contributed by atoms with E-state index in [-0.39, 0.29) is 0 Å². The molecule has 0 aliphatic heterocycles. The molecule has 0 heterocycles. The van der Waals surface area contributed by atoms with Crippen LogP contribution in [0.15, 0.2) is 66.7 Å². The Morgan fingerprint density at radius 3 is 1.79 bits per heavy atom. The van der Waals surface area contributed by atoms with E-state index >= 15 is 0 Å². The number of hydrogen-bond acceptors (Lipinski definition) is 1. The maximum Gasteiger partial charge on any atom is 0.140 e. The molecule has 170 valence electrons. The summed E-state index contributed by atoms with van der Waals surface area (Å²) in [5, 5.41) is 8.85. The van der Waals surface area contributed by atoms with Crippen molar-refractivity contribution in [2.45, 2.75) is 58.3 Å². The molecule has 34 heavy (non-hydrogen) atoms. The fourth-order valence-corrected chi connectivity index (χ4v) is 3.65. The molecule has 2 heteroatoms. The van der Waals surface area contributed by atoms with E-state index in [0.717, 1.165) is 17.5 Å². The van der Waals surface area contributed by atoms with E-state index in [4.69, 9.17) is 5.26 Å². The number of aryl methyl sites for hydroxylation is 1. The lowest BCUT2D eigenvalue weighted by Gasteiger charge is -2.02. The first-order chi connectivity index (χ1) is 16.7. The van der Waals surface area contributed by atoms with Crippen LogP contribution in [0.3, 0.4) is 0 Å². The Morgan fingerprint density at radius 1 is 0.618 bits per heavy atom. The summed E-state index contributed by atoms with van der Waals surface area (Å²) in [6, 6.07) is 22.2. The van der Waals surface area contributed by atoms with Crippen LogP contribution in [0.2, 0.25) is 0 Å². The molecule has 0 aliphatic carbocycles. The van der Waals surface area contributed by atoms with E-state index in [1.165, 1.54) is 56.6 Å². The maximum atomic E-state index is 14.5. The Hall–Kier alpha value is -3.80. The van der Waals surface area contributed by atoms with E-state index in [1.54, 1.807) is 36.4 Å². The zero-order chi connectivity index (χ0) is 24.0. The molecule has 0 saturated carbocycles. The van der Waals surface area contributed by atoms with E-state index in [2.05, 4.69) is 48.8 Å². The highest BCUT2D eigenvalue weighted by Crippen LogP contribution is 2.13. The van der Waals surface area contributed by atoms with Gasteiger partial charge in [0.25, 0.3) is 0 Å². The summed E-state index contributed by atoms with van der Waals surface area (Å²) in [5.74, 6) is 11.6. The summed E-state index contributed by atoms with van der Waals surface area (Å²) < 4.78 is 14.5. The van der Waals surface area contributed by atoms with Gasteiger partial charge in [-0.15, -0.1) is 0 Å². The lowest BCUT2D eigenvalue weighted by Crippen LogP contribution is -1.88. The summed E-state index contributed by atoms with van der Waals surface area (Å²) in [6.45, 7) is 2.25. The molecule has 0 aliphatic rings. The second-order valence-corrected chi connectivity index (χ2v) is 8.45. The third-order valence-electron chi connectivity index (χ3n) is 5.70. The predicted octanol–water partition coefficient (Wildman–Crippen LogP) is 7.79. The molecular weight excluding hydrogens is 417 g/mol. The molecule has 0 amide bonds. The van der Waals surface area contributed by atoms with Gasteiger partial charge < -0.3 is 0 Å². The van der Waals surface area contributed by atoms with Crippen LogP contribution in [0, 0.1) is 40.8 Å². The summed E-state index contributed by atoms with van der Waals surface area (Å²) >= 11 is 0. The number of unbranched alkanes of at least 4 members (excludes halogenated alkanes) is 6. The van der Waals surface area contributed by atoms with Crippen LogP contribution in [-0.2, 0) is 6.42 Å². The Bertz CT molecular complexity index is 1220. The average molecular weight is 448 g/mol. The number of nitriles is 1. The van der Waals surface area contributed by atoms with Crippen LogP contribution in [-0.4, -0.2) is 0 Å². The van der Waals surface area contributed by atoms with Gasteiger partial charge in [-0.3, -0.25) is 0 Å². The van der Waals surface area contributed by atoms with Crippen molar-refractivity contribution in [3.8, 4) is 29.8 Å². The first-order valence-corrected chi connectivity index (χ1v) is 12.1. The average Bonchev–Trinajstić information content (AvgIpc) is 2.87. The molecule has 0 atom stereocenters. The number of nitrogens with zero attached hydrogens (tertiary/aromatic N) is 1. The normalized spacial score (nSPS) is 9.91. The predicted molar refractivity (Wildman–Crippen MR) is 138 cm³/mol. The fourth-order valence-electron chi connectivity index (χ4n) is 3.65. The highest BCUT2D eigenvalue weighted by molar-refractivity contribution is 5.49. The van der Waals surface area contributed by atoms with Crippen molar-refractivity contribution < 1.29 is 4.39 Å². The number of rotatable bonds is 8. The molecule has 3 aromatic rings. The molecule has 0 N–H and O–H groups in total. The van der Waals surface area contributed by atoms with E-state index in [9.17, 15) is 4.39 Å². The molecule has 3 aromatic carbocycles. The van der Waals surface area contributed by atoms with Gasteiger partial charge in [-0.1, -0.05) is 81.3 Å². The van der Waals surface area contributed by atoms with Gasteiger partial charge >= 0.3 is 0 Å². The van der Waals surface area contributed by atoms with Crippen LogP contribution in [0.5, 0.6) is 0 Å². The van der Waals surface area contributed by atoms with Gasteiger partial charge in [-0.25, -0.2) is 4.39 Å². The maximum absolute atomic E-state index is 14.5. The molecule has 1 nitrogen and oxygen atoms in total. The van der Waals surface area contributed by atoms with Gasteiger partial charge in [0, 0.05) is 16.7 Å². The van der Waals surface area contributed by atoms with Gasteiger partial charge in [0.15, 0.2) is 0 Å². The van der Waals surface area contributed by atoms with Crippen molar-refractivity contribution in [2.24, 2.45) is 0 Å². The quantitative estimate of drug-likeness (QED) is 0.255. The second kappa shape index (κ2) is 13.7. The topological polar surface area (TPSA) is 23.8 Å². The van der Waals surface area contributed by atoms with Crippen molar-refractivity contribution in [1.29, 1.82) is 5.26 Å². The monoisotopic (exact) mass is 447 g/mol. The zero-order valence-corrected chi connectivity index (χ0v) is 19.8. The number of halogens is 1. The molecule has 0 bridgehead atoms. The Balaban J connectivity index is 1.53. The van der Waals surface area contributed by atoms with Gasteiger partial charge in [0.1, 0.15) is 5.82 Å². The summed E-state index contributed by atoms with van der Waals surface area (Å²) in [5.41, 5.74) is 4.52. The van der Waals surface area contributed by atoms with E-state index in [1.807, 2.05) is 12.1 Å². The third-order valence-corrected chi connectivity index (χ3v) is 5.70. The summed E-state index contributed by atoms with van der Waals surface area (Å²) in [4.78, 5) is 0. The summed E-state index contributed by atoms with van der Waals surface area (Å²) in [6.07, 6.45) is 10.3. The van der Waals surface area contributed by atoms with Gasteiger partial charge in [-0.2, -0.15) is 5.26 Å². The van der Waals surface area contributed by atoms with Crippen LogP contribution >= 0.6 is 0 Å². The molecule has 0 radical (unpaired) electrons. The van der Waals surface area contributed by atoms with Crippen LogP contribution in [0.25, 0.3) is 0 Å². The highest BCUT2D eigenvalue weighted by Gasteiger charge is 2.00. The zero-order valence-electron chi connectivity index (χ0n) is 19.8. The first-order valence-electron chi connectivity index (χ1n) is 12.1. The van der Waals surface area contributed by atoms with Crippen LogP contribution in [0.1, 0.15) is 85.3 Å². The Morgan fingerprint density at radius 2 is 1.15 bits per heavy atom. The van der Waals surface area contributed by atoms with Crippen molar-refractivity contribution in [1.82, 2.24) is 0 Å². The smallest absolute Gasteiger partial charge is 0.140 e. The van der Waals surface area contributed by atoms with Crippen molar-refractivity contribution in [2.75, 3.05) is 0 Å². The number of hydrogen-bond donors (Lipinski definition) is 0. The standard InChI is InChI=1S/C32H30FN/c1-2-3-4-5-6-7-8-9-26-10-12-27(13-11-26)14-17-29-21-23-31(32(33)24-29)22-20-28-15-18-30(25-34)19-16-28/h10-13,15-16,18-19,21,23-24H,2-9H2,1H3. The van der Waals surface area contributed by atoms with Gasteiger partial charge in [0.05, 0.1) is 17.2 Å². The van der Waals surface area contributed by atoms with Crippen molar-refractivity contribution >= 4 is 0 Å². The number of benzene rings is 3. The molecular formula is C32H30FN.